The number of aliphatic imine (C=N–C) groups is 4. The van der Waals surface area contributed by atoms with E-state index in [4.69, 9.17) is 24.4 Å². The molecule has 9 nitrogen and oxygen atoms in total. The molecule has 9 aromatic carbocycles. The highest BCUT2D eigenvalue weighted by Gasteiger charge is 2.33. The van der Waals surface area contributed by atoms with Crippen LogP contribution < -0.4 is 10.6 Å². The summed E-state index contributed by atoms with van der Waals surface area (Å²) in [5.74, 6) is 2.74. The van der Waals surface area contributed by atoms with Gasteiger partial charge in [0, 0.05) is 55.4 Å². The molecule has 0 fully saturated rings. The number of hydrogen-bond acceptors (Lipinski definition) is 7. The van der Waals surface area contributed by atoms with Crippen molar-refractivity contribution in [3.05, 3.63) is 281 Å². The molecule has 81 heavy (non-hydrogen) atoms. The van der Waals surface area contributed by atoms with Crippen LogP contribution in [-0.2, 0) is 6.42 Å². The summed E-state index contributed by atoms with van der Waals surface area (Å²) in [4.78, 5) is 21.9. The molecule has 0 amide bonds. The highest BCUT2D eigenvalue weighted by molar-refractivity contribution is 6.36. The second-order valence-corrected chi connectivity index (χ2v) is 21.1. The number of aromatic nitrogens is 2. The van der Waals surface area contributed by atoms with Gasteiger partial charge in [-0.2, -0.15) is 0 Å². The quantitative estimate of drug-likeness (QED) is 0.151. The van der Waals surface area contributed by atoms with Crippen molar-refractivity contribution in [2.75, 3.05) is 0 Å². The first-order chi connectivity index (χ1) is 40.2. The van der Waals surface area contributed by atoms with Crippen molar-refractivity contribution in [3.8, 4) is 22.5 Å². The van der Waals surface area contributed by atoms with E-state index < -0.39 is 6.17 Å². The number of furan rings is 1. The molecular formula is C72H52N8O. The molecule has 12 aromatic rings. The van der Waals surface area contributed by atoms with Gasteiger partial charge in [0.05, 0.1) is 33.0 Å². The molecular weight excluding hydrogens is 993 g/mol. The van der Waals surface area contributed by atoms with E-state index in [0.29, 0.717) is 23.3 Å². The molecule has 0 radical (unpaired) electrons. The van der Waals surface area contributed by atoms with Gasteiger partial charge >= 0.3 is 0 Å². The number of nitrogens with zero attached hydrogens (tertiary/aromatic N) is 6. The lowest BCUT2D eigenvalue weighted by Crippen LogP contribution is -2.41. The normalized spacial score (nSPS) is 16.9. The van der Waals surface area contributed by atoms with Crippen LogP contribution >= 0.6 is 0 Å². The fourth-order valence-corrected chi connectivity index (χ4v) is 12.7. The summed E-state index contributed by atoms with van der Waals surface area (Å²) < 4.78 is 12.2. The van der Waals surface area contributed by atoms with Crippen molar-refractivity contribution < 1.29 is 4.42 Å². The molecule has 0 saturated carbocycles. The molecule has 0 bridgehead atoms. The monoisotopic (exact) mass is 1040 g/mol. The van der Waals surface area contributed by atoms with Gasteiger partial charge in [-0.25, -0.2) is 20.0 Å². The Morgan fingerprint density at radius 3 is 1.94 bits per heavy atom. The van der Waals surface area contributed by atoms with Gasteiger partial charge in [0.1, 0.15) is 35.2 Å². The van der Waals surface area contributed by atoms with Gasteiger partial charge in [0.2, 0.25) is 0 Å². The van der Waals surface area contributed by atoms with Gasteiger partial charge in [0.15, 0.2) is 11.7 Å². The molecule has 2 atom stereocenters. The Bertz CT molecular complexity index is 4740. The summed E-state index contributed by atoms with van der Waals surface area (Å²) in [7, 11) is 0. The summed E-state index contributed by atoms with van der Waals surface area (Å²) in [5, 5.41) is 13.4. The number of benzene rings is 9. The zero-order valence-corrected chi connectivity index (χ0v) is 44.2. The number of nitrogens with one attached hydrogen (secondary N) is 2. The van der Waals surface area contributed by atoms with E-state index in [1.807, 2.05) is 24.3 Å². The van der Waals surface area contributed by atoms with Crippen molar-refractivity contribution in [2.24, 2.45) is 20.0 Å². The number of fused-ring (bicyclic) bond motifs is 12. The third kappa shape index (κ3) is 7.75. The van der Waals surface area contributed by atoms with Crippen LogP contribution in [0.15, 0.2) is 267 Å². The van der Waals surface area contributed by atoms with Crippen LogP contribution in [0.3, 0.4) is 0 Å². The van der Waals surface area contributed by atoms with Crippen LogP contribution in [0.25, 0.3) is 83.2 Å². The van der Waals surface area contributed by atoms with E-state index in [0.717, 1.165) is 136 Å². The van der Waals surface area contributed by atoms with Crippen LogP contribution in [0.5, 0.6) is 0 Å². The molecule has 3 aromatic heterocycles. The van der Waals surface area contributed by atoms with E-state index >= 15 is 0 Å². The zero-order valence-electron chi connectivity index (χ0n) is 44.2. The predicted octanol–water partition coefficient (Wildman–Crippen LogP) is 16.1. The zero-order chi connectivity index (χ0) is 53.4. The number of para-hydroxylation sites is 3. The van der Waals surface area contributed by atoms with Crippen molar-refractivity contribution in [3.63, 3.8) is 0 Å². The fraction of sp³-hybridized carbons (Fsp3) is 0.0833. The summed E-state index contributed by atoms with van der Waals surface area (Å²) in [6, 6.07) is 74.7. The molecule has 4 aliphatic rings. The summed E-state index contributed by atoms with van der Waals surface area (Å²) in [5.41, 5.74) is 17.6. The highest BCUT2D eigenvalue weighted by atomic mass is 16.3. The van der Waals surface area contributed by atoms with Gasteiger partial charge in [-0.1, -0.05) is 200 Å². The van der Waals surface area contributed by atoms with Crippen LogP contribution in [0.2, 0.25) is 0 Å². The van der Waals surface area contributed by atoms with E-state index in [-0.39, 0.29) is 6.17 Å². The number of rotatable bonds is 9. The first-order valence-corrected chi connectivity index (χ1v) is 28.0. The molecule has 0 saturated heterocycles. The maximum Gasteiger partial charge on any atom is 0.160 e. The lowest BCUT2D eigenvalue weighted by molar-refractivity contribution is 0.673. The lowest BCUT2D eigenvalue weighted by atomic mass is 9.97. The van der Waals surface area contributed by atoms with E-state index in [1.165, 1.54) is 11.3 Å². The lowest BCUT2D eigenvalue weighted by Gasteiger charge is -2.29. The first kappa shape index (κ1) is 46.7. The highest BCUT2D eigenvalue weighted by Crippen LogP contribution is 2.50. The molecule has 2 N–H and O–H groups in total. The Morgan fingerprint density at radius 1 is 0.481 bits per heavy atom. The summed E-state index contributed by atoms with van der Waals surface area (Å²) in [6.45, 7) is 0. The van der Waals surface area contributed by atoms with Crippen LogP contribution in [0, 0.1) is 0 Å². The minimum absolute atomic E-state index is 0.389. The van der Waals surface area contributed by atoms with Crippen LogP contribution in [0.1, 0.15) is 64.5 Å². The number of hydrogen-bond donors (Lipinski definition) is 2. The maximum atomic E-state index is 7.25. The van der Waals surface area contributed by atoms with Gasteiger partial charge < -0.3 is 24.2 Å². The van der Waals surface area contributed by atoms with Gasteiger partial charge in [-0.15, -0.1) is 0 Å². The molecule has 386 valence electrons. The molecule has 16 rings (SSSR count). The van der Waals surface area contributed by atoms with Crippen LogP contribution in [-0.4, -0.2) is 38.6 Å². The second-order valence-electron chi connectivity index (χ2n) is 21.1. The van der Waals surface area contributed by atoms with Crippen LogP contribution in [0.4, 0.5) is 0 Å². The van der Waals surface area contributed by atoms with E-state index in [1.54, 1.807) is 0 Å². The minimum Gasteiger partial charge on any atom is -0.455 e. The van der Waals surface area contributed by atoms with Gasteiger partial charge in [-0.05, 0) is 90.4 Å². The number of allylic oxidation sites excluding steroid dienone is 4. The predicted molar refractivity (Wildman–Crippen MR) is 332 cm³/mol. The Morgan fingerprint density at radius 2 is 1.14 bits per heavy atom. The Balaban J connectivity index is 1.02. The first-order valence-electron chi connectivity index (χ1n) is 28.0. The third-order valence-electron chi connectivity index (χ3n) is 16.4. The molecule has 5 heterocycles. The molecule has 9 heteroatoms. The average Bonchev–Trinajstić information content (AvgIpc) is 4.40. The van der Waals surface area contributed by atoms with E-state index in [2.05, 4.69) is 238 Å². The van der Waals surface area contributed by atoms with Crippen molar-refractivity contribution in [2.45, 2.75) is 38.0 Å². The standard InChI is InChI=1S/C72H52N8O/c1-6-24-45(25-7-1)51-34-16-17-35-52(51)71-76-69(48-30-12-4-13-31-48)77-72(78-71)56-44-49(70-74-67(46-26-8-2-9-27-46)73-68(75-70)47-28-10-3-11-29-47)42-43-59(56)80-58-40-22-19-37-54(58)62-65(80)61-53-36-18-21-39-57(53)79(50-32-14-5-15-33-50)64(61)63-55-38-20-23-41-60(55)81-66(62)63/h1-12,14-21,23-30,32-39,41-44,67,69H,13,22,31,40H2,(H,73,74,75)(H,76,77,78). The summed E-state index contributed by atoms with van der Waals surface area (Å²) in [6.07, 6.45) is 14.0. The molecule has 0 spiro atoms. The number of amidine groups is 4. The Kier molecular flexibility index (Phi) is 11.1. The van der Waals surface area contributed by atoms with E-state index in [9.17, 15) is 0 Å². The largest absolute Gasteiger partial charge is 0.455 e. The SMILES string of the molecule is C1=CCCC(C2N=C(c3ccccc3-c3ccccc3)N=C(c3cc(C4=NC(c5ccccc5)=NC(c5ccccc5)N4)ccc3-n3c4c(c5c6oc7ccccc7c6c6c(c7ccccc7n6-c6ccccc6)c53)C=CCC4)N2)=C1. The third-order valence-corrected chi connectivity index (χ3v) is 16.4. The van der Waals surface area contributed by atoms with Crippen molar-refractivity contribution >= 4 is 84.1 Å². The van der Waals surface area contributed by atoms with Gasteiger partial charge in [0.25, 0.3) is 0 Å². The fourth-order valence-electron chi connectivity index (χ4n) is 12.7. The second kappa shape index (κ2) is 19.2. The molecule has 2 unspecified atom stereocenters. The smallest absolute Gasteiger partial charge is 0.160 e. The van der Waals surface area contributed by atoms with Crippen molar-refractivity contribution in [1.29, 1.82) is 0 Å². The molecule has 2 aliphatic carbocycles. The summed E-state index contributed by atoms with van der Waals surface area (Å²) >= 11 is 0. The maximum absolute atomic E-state index is 7.25. The Labute approximate surface area is 467 Å². The topological polar surface area (TPSA) is 96.5 Å². The molecule has 2 aliphatic heterocycles. The van der Waals surface area contributed by atoms with Crippen molar-refractivity contribution in [1.82, 2.24) is 19.8 Å². The van der Waals surface area contributed by atoms with Gasteiger partial charge in [-0.3, -0.25) is 0 Å². The Hall–Kier alpha value is -10.4. The minimum atomic E-state index is -0.397. The average molecular weight is 1050 g/mol.